The number of benzene rings is 1. The van der Waals surface area contributed by atoms with Gasteiger partial charge in [-0.3, -0.25) is 14.7 Å². The molecule has 2 fully saturated rings. The normalized spacial score (nSPS) is 23.2. The van der Waals surface area contributed by atoms with Crippen molar-refractivity contribution in [2.45, 2.75) is 25.0 Å². The van der Waals surface area contributed by atoms with Crippen LogP contribution >= 0.6 is 0 Å². The number of amides is 1. The van der Waals surface area contributed by atoms with Crippen LogP contribution in [0.25, 0.3) is 0 Å². The van der Waals surface area contributed by atoms with E-state index >= 15 is 0 Å². The van der Waals surface area contributed by atoms with E-state index in [2.05, 4.69) is 9.88 Å². The van der Waals surface area contributed by atoms with Crippen LogP contribution in [-0.2, 0) is 16.1 Å². The van der Waals surface area contributed by atoms with Gasteiger partial charge < -0.3 is 14.4 Å². The van der Waals surface area contributed by atoms with Crippen LogP contribution in [0.3, 0.4) is 0 Å². The van der Waals surface area contributed by atoms with Gasteiger partial charge in [-0.1, -0.05) is 0 Å². The number of hydrogen-bond donors (Lipinski definition) is 0. The van der Waals surface area contributed by atoms with Crippen molar-refractivity contribution in [3.05, 3.63) is 54.1 Å². The lowest BCUT2D eigenvalue weighted by atomic mass is 9.90. The van der Waals surface area contributed by atoms with E-state index in [0.717, 1.165) is 43.8 Å². The SMILES string of the molecule is COc1cncc(CN2CCCC3(C2)CN(c2ccc(F)cc2)C(=O)CO3)c1. The summed E-state index contributed by atoms with van der Waals surface area (Å²) in [5, 5.41) is 0. The van der Waals surface area contributed by atoms with Crippen LogP contribution in [0.5, 0.6) is 5.75 Å². The van der Waals surface area contributed by atoms with Crippen LogP contribution in [-0.4, -0.2) is 54.7 Å². The van der Waals surface area contributed by atoms with Crippen molar-refractivity contribution in [3.63, 3.8) is 0 Å². The smallest absolute Gasteiger partial charge is 0.253 e. The number of hydrogen-bond acceptors (Lipinski definition) is 5. The minimum Gasteiger partial charge on any atom is -0.495 e. The van der Waals surface area contributed by atoms with Gasteiger partial charge >= 0.3 is 0 Å². The maximum atomic E-state index is 13.3. The standard InChI is InChI=1S/C21H24FN3O3/c1-27-19-9-16(10-23-11-19)12-24-8-2-7-21(14-24)15-25(20(26)13-28-21)18-5-3-17(22)4-6-18/h3-6,9-11H,2,7-8,12-15H2,1H3. The predicted molar refractivity (Wildman–Crippen MR) is 103 cm³/mol. The van der Waals surface area contributed by atoms with Crippen LogP contribution in [0.1, 0.15) is 18.4 Å². The number of carbonyl (C=O) groups excluding carboxylic acids is 1. The highest BCUT2D eigenvalue weighted by Gasteiger charge is 2.43. The van der Waals surface area contributed by atoms with Gasteiger partial charge in [-0.05, 0) is 55.3 Å². The quantitative estimate of drug-likeness (QED) is 0.810. The molecule has 148 valence electrons. The first-order chi connectivity index (χ1) is 13.6. The Labute approximate surface area is 163 Å². The fourth-order valence-corrected chi connectivity index (χ4v) is 4.06. The van der Waals surface area contributed by atoms with Crippen LogP contribution in [0.15, 0.2) is 42.7 Å². The fraction of sp³-hybridized carbons (Fsp3) is 0.429. The molecule has 0 radical (unpaired) electrons. The molecule has 1 spiro atoms. The summed E-state index contributed by atoms with van der Waals surface area (Å²) in [5.74, 6) is 0.340. The van der Waals surface area contributed by atoms with E-state index in [4.69, 9.17) is 9.47 Å². The zero-order chi connectivity index (χ0) is 19.6. The molecular weight excluding hydrogens is 361 g/mol. The van der Waals surface area contributed by atoms with Crippen molar-refractivity contribution in [2.24, 2.45) is 0 Å². The summed E-state index contributed by atoms with van der Waals surface area (Å²) in [7, 11) is 1.63. The fourth-order valence-electron chi connectivity index (χ4n) is 4.06. The first-order valence-electron chi connectivity index (χ1n) is 9.47. The largest absolute Gasteiger partial charge is 0.495 e. The second kappa shape index (κ2) is 7.85. The van der Waals surface area contributed by atoms with Gasteiger partial charge in [-0.25, -0.2) is 4.39 Å². The summed E-state index contributed by atoms with van der Waals surface area (Å²) in [6.07, 6.45) is 5.42. The van der Waals surface area contributed by atoms with Gasteiger partial charge in [0.25, 0.3) is 5.91 Å². The molecule has 7 heteroatoms. The number of likely N-dealkylation sites (tertiary alicyclic amines) is 1. The highest BCUT2D eigenvalue weighted by atomic mass is 19.1. The van der Waals surface area contributed by atoms with Gasteiger partial charge in [0.05, 0.1) is 25.5 Å². The maximum absolute atomic E-state index is 13.3. The topological polar surface area (TPSA) is 54.9 Å². The summed E-state index contributed by atoms with van der Waals surface area (Å²) >= 11 is 0. The molecule has 3 heterocycles. The van der Waals surface area contributed by atoms with Gasteiger partial charge in [-0.2, -0.15) is 0 Å². The van der Waals surface area contributed by atoms with Gasteiger partial charge in [-0.15, -0.1) is 0 Å². The van der Waals surface area contributed by atoms with Crippen molar-refractivity contribution in [2.75, 3.05) is 38.3 Å². The molecule has 0 saturated carbocycles. The Morgan fingerprint density at radius 3 is 2.86 bits per heavy atom. The Bertz CT molecular complexity index is 845. The molecule has 2 saturated heterocycles. The van der Waals surface area contributed by atoms with E-state index in [1.54, 1.807) is 30.3 Å². The molecule has 1 amide bonds. The number of piperidine rings is 1. The summed E-state index contributed by atoms with van der Waals surface area (Å²) in [4.78, 5) is 20.7. The number of pyridine rings is 1. The van der Waals surface area contributed by atoms with E-state index in [1.807, 2.05) is 12.3 Å². The maximum Gasteiger partial charge on any atom is 0.253 e. The minimum atomic E-state index is -0.410. The Balaban J connectivity index is 1.48. The number of ether oxygens (including phenoxy) is 2. The van der Waals surface area contributed by atoms with Gasteiger partial charge in [0.2, 0.25) is 0 Å². The molecule has 4 rings (SSSR count). The average Bonchev–Trinajstić information content (AvgIpc) is 2.71. The third-order valence-electron chi connectivity index (χ3n) is 5.42. The lowest BCUT2D eigenvalue weighted by molar-refractivity contribution is -0.146. The Hall–Kier alpha value is -2.51. The molecule has 6 nitrogen and oxygen atoms in total. The summed E-state index contributed by atoms with van der Waals surface area (Å²) in [5.41, 5.74) is 1.38. The summed E-state index contributed by atoms with van der Waals surface area (Å²) in [6, 6.07) is 8.05. The molecule has 2 aliphatic rings. The molecule has 2 aromatic rings. The molecule has 1 aromatic carbocycles. The molecule has 0 N–H and O–H groups in total. The first kappa shape index (κ1) is 18.8. The average molecular weight is 385 g/mol. The zero-order valence-corrected chi connectivity index (χ0v) is 15.9. The number of methoxy groups -OCH3 is 1. The zero-order valence-electron chi connectivity index (χ0n) is 15.9. The highest BCUT2D eigenvalue weighted by Crippen LogP contribution is 2.32. The van der Waals surface area contributed by atoms with Crippen molar-refractivity contribution in [3.8, 4) is 5.75 Å². The van der Waals surface area contributed by atoms with Gasteiger partial charge in [0, 0.05) is 25.0 Å². The van der Waals surface area contributed by atoms with Crippen LogP contribution in [0.2, 0.25) is 0 Å². The van der Waals surface area contributed by atoms with Gasteiger partial charge in [0.1, 0.15) is 18.2 Å². The van der Waals surface area contributed by atoms with Crippen molar-refractivity contribution in [1.82, 2.24) is 9.88 Å². The number of aromatic nitrogens is 1. The van der Waals surface area contributed by atoms with Crippen LogP contribution in [0, 0.1) is 5.82 Å². The number of anilines is 1. The molecule has 28 heavy (non-hydrogen) atoms. The number of rotatable bonds is 4. The second-order valence-electron chi connectivity index (χ2n) is 7.48. The Morgan fingerprint density at radius 2 is 2.07 bits per heavy atom. The number of carbonyl (C=O) groups is 1. The third kappa shape index (κ3) is 4.00. The summed E-state index contributed by atoms with van der Waals surface area (Å²) in [6.45, 7) is 2.97. The monoisotopic (exact) mass is 385 g/mol. The van der Waals surface area contributed by atoms with E-state index in [1.165, 1.54) is 12.1 Å². The number of nitrogens with zero attached hydrogens (tertiary/aromatic N) is 3. The molecule has 0 aliphatic carbocycles. The predicted octanol–water partition coefficient (Wildman–Crippen LogP) is 2.63. The van der Waals surface area contributed by atoms with E-state index in [-0.39, 0.29) is 18.3 Å². The number of morpholine rings is 1. The molecular formula is C21H24FN3O3. The first-order valence-corrected chi connectivity index (χ1v) is 9.47. The molecule has 2 aliphatic heterocycles. The van der Waals surface area contributed by atoms with Crippen molar-refractivity contribution in [1.29, 1.82) is 0 Å². The molecule has 1 unspecified atom stereocenters. The molecule has 0 bridgehead atoms. The lowest BCUT2D eigenvalue weighted by Gasteiger charge is -2.47. The van der Waals surface area contributed by atoms with Gasteiger partial charge in [0.15, 0.2) is 0 Å². The van der Waals surface area contributed by atoms with Crippen LogP contribution < -0.4 is 9.64 Å². The van der Waals surface area contributed by atoms with Crippen LogP contribution in [0.4, 0.5) is 10.1 Å². The highest BCUT2D eigenvalue weighted by molar-refractivity contribution is 5.95. The van der Waals surface area contributed by atoms with Crippen molar-refractivity contribution >= 4 is 11.6 Å². The molecule has 1 aromatic heterocycles. The van der Waals surface area contributed by atoms with E-state index < -0.39 is 5.60 Å². The lowest BCUT2D eigenvalue weighted by Crippen LogP contribution is -2.61. The molecule has 1 atom stereocenters. The van der Waals surface area contributed by atoms with E-state index in [9.17, 15) is 9.18 Å². The Kier molecular flexibility index (Phi) is 5.28. The van der Waals surface area contributed by atoms with E-state index in [0.29, 0.717) is 12.2 Å². The summed E-state index contributed by atoms with van der Waals surface area (Å²) < 4.78 is 24.6. The minimum absolute atomic E-state index is 0.0476. The third-order valence-corrected chi connectivity index (χ3v) is 5.42. The van der Waals surface area contributed by atoms with Crippen molar-refractivity contribution < 1.29 is 18.7 Å². The second-order valence-corrected chi connectivity index (χ2v) is 7.48. The number of halogens is 1. The Morgan fingerprint density at radius 1 is 1.25 bits per heavy atom.